The van der Waals surface area contributed by atoms with Crippen LogP contribution in [0.25, 0.3) is 0 Å². The number of nitrogens with zero attached hydrogens (tertiary/aromatic N) is 1. The van der Waals surface area contributed by atoms with Crippen LogP contribution in [0.15, 0.2) is 36.7 Å². The molecule has 1 heterocycles. The number of rotatable bonds is 4. The molecule has 0 unspecified atom stereocenters. The first-order chi connectivity index (χ1) is 9.61. The highest BCUT2D eigenvalue weighted by Crippen LogP contribution is 2.30. The van der Waals surface area contributed by atoms with Gasteiger partial charge < -0.3 is 10.1 Å². The Bertz CT molecular complexity index is 618. The van der Waals surface area contributed by atoms with E-state index < -0.39 is 0 Å². The molecule has 2 aromatic rings. The lowest BCUT2D eigenvalue weighted by atomic mass is 10.2. The van der Waals surface area contributed by atoms with Gasteiger partial charge in [0, 0.05) is 35.6 Å². The van der Waals surface area contributed by atoms with Crippen molar-refractivity contribution in [1.82, 2.24) is 10.3 Å². The van der Waals surface area contributed by atoms with Crippen LogP contribution < -0.4 is 10.1 Å². The monoisotopic (exact) mass is 310 g/mol. The quantitative estimate of drug-likeness (QED) is 0.942. The molecular weight excluding hydrogens is 299 g/mol. The fourth-order valence-electron chi connectivity index (χ4n) is 1.64. The zero-order valence-electron chi connectivity index (χ0n) is 10.7. The first-order valence-electron chi connectivity index (χ1n) is 5.82. The Morgan fingerprint density at radius 2 is 1.95 bits per heavy atom. The van der Waals surface area contributed by atoms with Gasteiger partial charge >= 0.3 is 0 Å². The summed E-state index contributed by atoms with van der Waals surface area (Å²) in [7, 11) is 1.52. The van der Waals surface area contributed by atoms with Crippen molar-refractivity contribution in [3.8, 4) is 5.75 Å². The second kappa shape index (κ2) is 6.59. The summed E-state index contributed by atoms with van der Waals surface area (Å²) in [6.45, 7) is 0.281. The molecule has 0 spiro atoms. The zero-order valence-corrected chi connectivity index (χ0v) is 12.2. The maximum absolute atomic E-state index is 11.9. The minimum absolute atomic E-state index is 0.199. The standard InChI is InChI=1S/C14H12Cl2N2O2/c1-20-13-7-11(15)10(6-12(13)16)8-18-14(19)9-2-4-17-5-3-9/h2-7H,8H2,1H3,(H,18,19). The first kappa shape index (κ1) is 14.6. The normalized spacial score (nSPS) is 10.2. The van der Waals surface area contributed by atoms with Gasteiger partial charge in [-0.25, -0.2) is 0 Å². The molecular formula is C14H12Cl2N2O2. The van der Waals surface area contributed by atoms with E-state index in [4.69, 9.17) is 27.9 Å². The van der Waals surface area contributed by atoms with Crippen molar-refractivity contribution in [2.24, 2.45) is 0 Å². The van der Waals surface area contributed by atoms with E-state index in [2.05, 4.69) is 10.3 Å². The Balaban J connectivity index is 2.08. The van der Waals surface area contributed by atoms with E-state index in [1.54, 1.807) is 36.7 Å². The number of ether oxygens (including phenoxy) is 1. The summed E-state index contributed by atoms with van der Waals surface area (Å²) in [5, 5.41) is 3.71. The summed E-state index contributed by atoms with van der Waals surface area (Å²) in [5.41, 5.74) is 1.26. The van der Waals surface area contributed by atoms with E-state index in [1.807, 2.05) is 0 Å². The maximum atomic E-state index is 11.9. The zero-order chi connectivity index (χ0) is 14.5. The molecule has 104 valence electrons. The number of amides is 1. The summed E-state index contributed by atoms with van der Waals surface area (Å²) in [4.78, 5) is 15.8. The van der Waals surface area contributed by atoms with Crippen LogP contribution in [0.1, 0.15) is 15.9 Å². The Labute approximate surface area is 126 Å². The van der Waals surface area contributed by atoms with E-state index in [0.29, 0.717) is 21.4 Å². The number of benzene rings is 1. The van der Waals surface area contributed by atoms with Crippen molar-refractivity contribution in [1.29, 1.82) is 0 Å². The van der Waals surface area contributed by atoms with Gasteiger partial charge in [0.25, 0.3) is 5.91 Å². The average molecular weight is 311 g/mol. The lowest BCUT2D eigenvalue weighted by Crippen LogP contribution is -2.22. The molecule has 0 saturated carbocycles. The fraction of sp³-hybridized carbons (Fsp3) is 0.143. The van der Waals surface area contributed by atoms with Gasteiger partial charge in [-0.2, -0.15) is 0 Å². The van der Waals surface area contributed by atoms with Gasteiger partial charge in [0.15, 0.2) is 0 Å². The van der Waals surface area contributed by atoms with Gasteiger partial charge in [-0.05, 0) is 23.8 Å². The van der Waals surface area contributed by atoms with Crippen LogP contribution in [0.5, 0.6) is 5.75 Å². The maximum Gasteiger partial charge on any atom is 0.251 e. The minimum Gasteiger partial charge on any atom is -0.495 e. The summed E-state index contributed by atoms with van der Waals surface area (Å²) >= 11 is 12.1. The number of nitrogens with one attached hydrogen (secondary N) is 1. The molecule has 20 heavy (non-hydrogen) atoms. The molecule has 0 aliphatic rings. The smallest absolute Gasteiger partial charge is 0.251 e. The van der Waals surface area contributed by atoms with E-state index in [-0.39, 0.29) is 12.5 Å². The summed E-state index contributed by atoms with van der Waals surface area (Å²) in [6, 6.07) is 6.57. The SMILES string of the molecule is COc1cc(Cl)c(CNC(=O)c2ccncc2)cc1Cl. The van der Waals surface area contributed by atoms with Crippen LogP contribution in [-0.2, 0) is 6.54 Å². The van der Waals surface area contributed by atoms with Gasteiger partial charge in [-0.1, -0.05) is 23.2 Å². The van der Waals surface area contributed by atoms with Gasteiger partial charge in [0.1, 0.15) is 5.75 Å². The number of halogens is 2. The van der Waals surface area contributed by atoms with E-state index in [1.165, 1.54) is 7.11 Å². The number of carbonyl (C=O) groups is 1. The van der Waals surface area contributed by atoms with Crippen molar-refractivity contribution >= 4 is 29.1 Å². The van der Waals surface area contributed by atoms with Crippen LogP contribution in [0.3, 0.4) is 0 Å². The fourth-order valence-corrected chi connectivity index (χ4v) is 2.13. The third-order valence-electron chi connectivity index (χ3n) is 2.70. The molecule has 6 heteroatoms. The number of aromatic nitrogens is 1. The molecule has 4 nitrogen and oxygen atoms in total. The number of hydrogen-bond donors (Lipinski definition) is 1. The highest BCUT2D eigenvalue weighted by Gasteiger charge is 2.10. The van der Waals surface area contributed by atoms with Gasteiger partial charge in [-0.15, -0.1) is 0 Å². The Morgan fingerprint density at radius 3 is 2.60 bits per heavy atom. The van der Waals surface area contributed by atoms with Crippen molar-refractivity contribution < 1.29 is 9.53 Å². The lowest BCUT2D eigenvalue weighted by molar-refractivity contribution is 0.0951. The third-order valence-corrected chi connectivity index (χ3v) is 3.35. The Morgan fingerprint density at radius 1 is 1.25 bits per heavy atom. The summed E-state index contributed by atoms with van der Waals surface area (Å²) < 4.78 is 5.07. The molecule has 0 bridgehead atoms. The number of carbonyl (C=O) groups excluding carboxylic acids is 1. The molecule has 0 radical (unpaired) electrons. The van der Waals surface area contributed by atoms with Crippen molar-refractivity contribution in [3.63, 3.8) is 0 Å². The molecule has 1 aromatic heterocycles. The first-order valence-corrected chi connectivity index (χ1v) is 6.57. The topological polar surface area (TPSA) is 51.2 Å². The Hall–Kier alpha value is -1.78. The van der Waals surface area contributed by atoms with Crippen molar-refractivity contribution in [2.75, 3.05) is 7.11 Å². The molecule has 0 aliphatic heterocycles. The van der Waals surface area contributed by atoms with Gasteiger partial charge in [0.2, 0.25) is 0 Å². The van der Waals surface area contributed by atoms with Crippen LogP contribution in [0.4, 0.5) is 0 Å². The van der Waals surface area contributed by atoms with Crippen LogP contribution >= 0.6 is 23.2 Å². The van der Waals surface area contributed by atoms with Crippen molar-refractivity contribution in [3.05, 3.63) is 57.8 Å². The molecule has 0 saturated heterocycles. The number of pyridine rings is 1. The molecule has 1 aromatic carbocycles. The molecule has 0 fully saturated rings. The molecule has 1 amide bonds. The number of methoxy groups -OCH3 is 1. The predicted molar refractivity (Wildman–Crippen MR) is 78.4 cm³/mol. The largest absolute Gasteiger partial charge is 0.495 e. The van der Waals surface area contributed by atoms with Crippen LogP contribution in [0, 0.1) is 0 Å². The second-order valence-electron chi connectivity index (χ2n) is 4.00. The average Bonchev–Trinajstić information content (AvgIpc) is 2.48. The predicted octanol–water partition coefficient (Wildman–Crippen LogP) is 3.33. The van der Waals surface area contributed by atoms with Gasteiger partial charge in [0.05, 0.1) is 12.1 Å². The third kappa shape index (κ3) is 3.40. The van der Waals surface area contributed by atoms with Crippen LogP contribution in [-0.4, -0.2) is 18.0 Å². The molecule has 1 N–H and O–H groups in total. The second-order valence-corrected chi connectivity index (χ2v) is 4.81. The van der Waals surface area contributed by atoms with Gasteiger partial charge in [-0.3, -0.25) is 9.78 Å². The summed E-state index contributed by atoms with van der Waals surface area (Å²) in [5.74, 6) is 0.302. The Kier molecular flexibility index (Phi) is 4.82. The van der Waals surface area contributed by atoms with E-state index in [0.717, 1.165) is 5.56 Å². The number of hydrogen-bond acceptors (Lipinski definition) is 3. The van der Waals surface area contributed by atoms with E-state index in [9.17, 15) is 4.79 Å². The van der Waals surface area contributed by atoms with Crippen LogP contribution in [0.2, 0.25) is 10.0 Å². The highest BCUT2D eigenvalue weighted by molar-refractivity contribution is 6.34. The minimum atomic E-state index is -0.199. The van der Waals surface area contributed by atoms with Crippen molar-refractivity contribution in [2.45, 2.75) is 6.54 Å². The lowest BCUT2D eigenvalue weighted by Gasteiger charge is -2.10. The summed E-state index contributed by atoms with van der Waals surface area (Å²) in [6.07, 6.45) is 3.12. The highest BCUT2D eigenvalue weighted by atomic mass is 35.5. The van der Waals surface area contributed by atoms with E-state index >= 15 is 0 Å². The molecule has 2 rings (SSSR count). The molecule has 0 atom stereocenters. The molecule has 0 aliphatic carbocycles.